The maximum atomic E-state index is 10.3. The molecule has 1 aliphatic rings. The van der Waals surface area contributed by atoms with Crippen LogP contribution in [0.5, 0.6) is 23.0 Å². The summed E-state index contributed by atoms with van der Waals surface area (Å²) in [4.78, 5) is 0. The first-order valence-corrected chi connectivity index (χ1v) is 11.7. The molecule has 1 fully saturated rings. The Kier molecular flexibility index (Phi) is 10.1. The molecule has 0 aliphatic carbocycles. The number of aliphatic hydroxyl groups excluding tert-OH is 6. The SMILES string of the molecule is COc1cc(CC(CO)Oc2ccc(CCCO)cc2O)ccc1OC1OC(CO)C(O)C(O)C1O. The number of methoxy groups -OCH3 is 1. The van der Waals surface area contributed by atoms with E-state index in [1.165, 1.54) is 7.11 Å². The first-order chi connectivity index (χ1) is 17.3. The first kappa shape index (κ1) is 27.9. The fourth-order valence-electron chi connectivity index (χ4n) is 3.91. The second-order valence-electron chi connectivity index (χ2n) is 8.56. The molecule has 0 bridgehead atoms. The molecule has 7 N–H and O–H groups in total. The molecule has 36 heavy (non-hydrogen) atoms. The van der Waals surface area contributed by atoms with Gasteiger partial charge in [-0.2, -0.15) is 0 Å². The molecule has 200 valence electrons. The minimum Gasteiger partial charge on any atom is -0.504 e. The Bertz CT molecular complexity index is 967. The second-order valence-corrected chi connectivity index (χ2v) is 8.56. The Morgan fingerprint density at radius 1 is 0.889 bits per heavy atom. The van der Waals surface area contributed by atoms with Gasteiger partial charge in [0.25, 0.3) is 0 Å². The fraction of sp³-hybridized carbons (Fsp3) is 0.520. The van der Waals surface area contributed by atoms with Gasteiger partial charge in [0.1, 0.15) is 30.5 Å². The van der Waals surface area contributed by atoms with Crippen molar-refractivity contribution in [2.45, 2.75) is 56.1 Å². The Morgan fingerprint density at radius 3 is 2.25 bits per heavy atom. The average Bonchev–Trinajstić information content (AvgIpc) is 2.89. The zero-order chi connectivity index (χ0) is 26.2. The summed E-state index contributed by atoms with van der Waals surface area (Å²) >= 11 is 0. The van der Waals surface area contributed by atoms with E-state index in [0.29, 0.717) is 18.4 Å². The molecule has 2 aromatic carbocycles. The van der Waals surface area contributed by atoms with Gasteiger partial charge in [-0.25, -0.2) is 0 Å². The van der Waals surface area contributed by atoms with Crippen molar-refractivity contribution >= 4 is 0 Å². The van der Waals surface area contributed by atoms with Crippen LogP contribution in [0.15, 0.2) is 36.4 Å². The lowest BCUT2D eigenvalue weighted by atomic mass is 9.99. The zero-order valence-corrected chi connectivity index (χ0v) is 19.9. The van der Waals surface area contributed by atoms with E-state index in [0.717, 1.165) is 5.56 Å². The van der Waals surface area contributed by atoms with Gasteiger partial charge in [-0.15, -0.1) is 0 Å². The third kappa shape index (κ3) is 6.77. The lowest BCUT2D eigenvalue weighted by molar-refractivity contribution is -0.277. The van der Waals surface area contributed by atoms with Crippen LogP contribution < -0.4 is 14.2 Å². The topological polar surface area (TPSA) is 179 Å². The van der Waals surface area contributed by atoms with Gasteiger partial charge < -0.3 is 54.7 Å². The van der Waals surface area contributed by atoms with Crippen LogP contribution in [0.4, 0.5) is 0 Å². The van der Waals surface area contributed by atoms with E-state index in [1.807, 2.05) is 0 Å². The van der Waals surface area contributed by atoms with Crippen LogP contribution >= 0.6 is 0 Å². The molecule has 11 nitrogen and oxygen atoms in total. The molecule has 1 aliphatic heterocycles. The summed E-state index contributed by atoms with van der Waals surface area (Å²) in [6.07, 6.45) is -6.34. The van der Waals surface area contributed by atoms with E-state index in [9.17, 15) is 30.6 Å². The number of hydrogen-bond donors (Lipinski definition) is 7. The van der Waals surface area contributed by atoms with Crippen molar-refractivity contribution in [3.63, 3.8) is 0 Å². The minimum absolute atomic E-state index is 0.0570. The van der Waals surface area contributed by atoms with Gasteiger partial charge in [0, 0.05) is 13.0 Å². The summed E-state index contributed by atoms with van der Waals surface area (Å²) in [5.74, 6) is 0.612. The number of aromatic hydroxyl groups is 1. The van der Waals surface area contributed by atoms with Crippen molar-refractivity contribution in [1.29, 1.82) is 0 Å². The molecule has 1 saturated heterocycles. The lowest BCUT2D eigenvalue weighted by Gasteiger charge is -2.39. The number of ether oxygens (including phenoxy) is 4. The van der Waals surface area contributed by atoms with Crippen LogP contribution in [0.1, 0.15) is 17.5 Å². The van der Waals surface area contributed by atoms with Crippen LogP contribution in [0.2, 0.25) is 0 Å². The zero-order valence-electron chi connectivity index (χ0n) is 19.9. The molecule has 0 spiro atoms. The molecule has 3 rings (SSSR count). The van der Waals surface area contributed by atoms with E-state index >= 15 is 0 Å². The normalized spacial score (nSPS) is 24.8. The van der Waals surface area contributed by atoms with Gasteiger partial charge in [-0.05, 0) is 48.2 Å². The quantitative estimate of drug-likeness (QED) is 0.195. The van der Waals surface area contributed by atoms with Crippen molar-refractivity contribution in [2.75, 3.05) is 26.9 Å². The highest BCUT2D eigenvalue weighted by molar-refractivity contribution is 5.44. The van der Waals surface area contributed by atoms with Gasteiger partial charge in [0.2, 0.25) is 6.29 Å². The standard InChI is InChI=1S/C25H34O11/c1-33-20-11-15(5-7-19(20)35-25-24(32)23(31)22(30)21(13-28)36-25)9-16(12-27)34-18-6-4-14(3-2-8-26)10-17(18)29/h4-7,10-11,16,21-32H,2-3,8-9,12-13H2,1H3. The molecule has 6 atom stereocenters. The van der Waals surface area contributed by atoms with E-state index in [1.54, 1.807) is 36.4 Å². The highest BCUT2D eigenvalue weighted by Gasteiger charge is 2.45. The van der Waals surface area contributed by atoms with E-state index < -0.39 is 43.4 Å². The molecule has 1 heterocycles. The summed E-state index contributed by atoms with van der Waals surface area (Å²) in [6, 6.07) is 9.84. The highest BCUT2D eigenvalue weighted by atomic mass is 16.7. The monoisotopic (exact) mass is 510 g/mol. The molecule has 0 saturated carbocycles. The second kappa shape index (κ2) is 13.1. The number of rotatable bonds is 12. The van der Waals surface area contributed by atoms with Crippen molar-refractivity contribution in [1.82, 2.24) is 0 Å². The summed E-state index contributed by atoms with van der Waals surface area (Å²) in [7, 11) is 1.41. The number of aryl methyl sites for hydroxylation is 1. The Labute approximate surface area is 208 Å². The van der Waals surface area contributed by atoms with Crippen LogP contribution in [-0.4, -0.2) is 99.5 Å². The molecule has 6 unspecified atom stereocenters. The lowest BCUT2D eigenvalue weighted by Crippen LogP contribution is -2.60. The molecular weight excluding hydrogens is 476 g/mol. The molecule has 11 heteroatoms. The minimum atomic E-state index is -1.58. The number of phenolic OH excluding ortho intramolecular Hbond substituents is 1. The average molecular weight is 511 g/mol. The first-order valence-electron chi connectivity index (χ1n) is 11.7. The predicted octanol–water partition coefficient (Wildman–Crippen LogP) is -0.513. The molecular formula is C25H34O11. The highest BCUT2D eigenvalue weighted by Crippen LogP contribution is 2.33. The van der Waals surface area contributed by atoms with Crippen molar-refractivity contribution in [3.05, 3.63) is 47.5 Å². The Hall–Kier alpha value is -2.64. The van der Waals surface area contributed by atoms with Crippen molar-refractivity contribution in [3.8, 4) is 23.0 Å². The van der Waals surface area contributed by atoms with Gasteiger partial charge in [0.15, 0.2) is 23.0 Å². The van der Waals surface area contributed by atoms with Crippen LogP contribution in [0.3, 0.4) is 0 Å². The fourth-order valence-corrected chi connectivity index (χ4v) is 3.91. The smallest absolute Gasteiger partial charge is 0.229 e. The van der Waals surface area contributed by atoms with E-state index in [2.05, 4.69) is 0 Å². The van der Waals surface area contributed by atoms with Gasteiger partial charge in [-0.3, -0.25) is 0 Å². The summed E-state index contributed by atoms with van der Waals surface area (Å²) in [6.45, 7) is -0.844. The number of hydrogen-bond acceptors (Lipinski definition) is 11. The van der Waals surface area contributed by atoms with Crippen LogP contribution in [-0.2, 0) is 17.6 Å². The number of aliphatic hydroxyl groups is 6. The molecule has 0 radical (unpaired) electrons. The molecule has 2 aromatic rings. The molecule has 0 aromatic heterocycles. The third-order valence-electron chi connectivity index (χ3n) is 5.93. The Morgan fingerprint density at radius 2 is 1.61 bits per heavy atom. The van der Waals surface area contributed by atoms with Crippen molar-refractivity contribution < 1.29 is 54.7 Å². The summed E-state index contributed by atoms with van der Waals surface area (Å²) in [5.41, 5.74) is 1.57. The van der Waals surface area contributed by atoms with Gasteiger partial charge >= 0.3 is 0 Å². The van der Waals surface area contributed by atoms with Gasteiger partial charge in [-0.1, -0.05) is 12.1 Å². The van der Waals surface area contributed by atoms with Crippen LogP contribution in [0, 0.1) is 0 Å². The summed E-state index contributed by atoms with van der Waals surface area (Å²) in [5, 5.41) is 68.5. The Balaban J connectivity index is 1.68. The number of phenols is 1. The largest absolute Gasteiger partial charge is 0.504 e. The number of benzene rings is 2. The van der Waals surface area contributed by atoms with E-state index in [-0.39, 0.29) is 42.6 Å². The molecule has 0 amide bonds. The third-order valence-corrected chi connectivity index (χ3v) is 5.93. The van der Waals surface area contributed by atoms with Gasteiger partial charge in [0.05, 0.1) is 20.3 Å². The predicted molar refractivity (Wildman–Crippen MR) is 126 cm³/mol. The maximum absolute atomic E-state index is 10.3. The maximum Gasteiger partial charge on any atom is 0.229 e. The summed E-state index contributed by atoms with van der Waals surface area (Å²) < 4.78 is 22.2. The van der Waals surface area contributed by atoms with Crippen LogP contribution in [0.25, 0.3) is 0 Å². The van der Waals surface area contributed by atoms with Crippen molar-refractivity contribution in [2.24, 2.45) is 0 Å². The van der Waals surface area contributed by atoms with E-state index in [4.69, 9.17) is 24.1 Å².